The van der Waals surface area contributed by atoms with E-state index in [4.69, 9.17) is 5.73 Å². The number of unbranched alkanes of at least 4 members (excludes halogenated alkanes) is 11. The van der Waals surface area contributed by atoms with Crippen LogP contribution in [-0.4, -0.2) is 29.0 Å². The average Bonchev–Trinajstić information content (AvgIpc) is 2.68. The molecule has 0 unspecified atom stereocenters. The van der Waals surface area contributed by atoms with Gasteiger partial charge in [-0.2, -0.15) is 0 Å². The van der Waals surface area contributed by atoms with Crippen LogP contribution in [0.15, 0.2) is 11.1 Å². The van der Waals surface area contributed by atoms with Crippen LogP contribution < -0.4 is 5.73 Å². The van der Waals surface area contributed by atoms with Gasteiger partial charge in [-0.05, 0) is 44.1 Å². The lowest BCUT2D eigenvalue weighted by Gasteiger charge is -2.27. The first-order valence-corrected chi connectivity index (χ1v) is 11.5. The number of rotatable bonds is 16. The fraction of sp³-hybridized carbons (Fsp3) is 0.913. The van der Waals surface area contributed by atoms with Crippen LogP contribution in [0.4, 0.5) is 0 Å². The number of aliphatic hydroxyl groups is 2. The van der Waals surface area contributed by atoms with Crippen molar-refractivity contribution < 1.29 is 10.2 Å². The molecule has 0 saturated carbocycles. The van der Waals surface area contributed by atoms with Gasteiger partial charge in [-0.15, -0.1) is 0 Å². The van der Waals surface area contributed by atoms with Crippen LogP contribution in [0.5, 0.6) is 0 Å². The first-order valence-electron chi connectivity index (χ1n) is 11.5. The normalized spacial score (nSPS) is 17.5. The maximum atomic E-state index is 10.4. The largest absolute Gasteiger partial charge is 0.395 e. The summed E-state index contributed by atoms with van der Waals surface area (Å²) in [4.78, 5) is 0. The predicted octanol–water partition coefficient (Wildman–Crippen LogP) is 5.63. The highest BCUT2D eigenvalue weighted by atomic mass is 16.3. The molecule has 4 N–H and O–H groups in total. The van der Waals surface area contributed by atoms with Gasteiger partial charge in [0.25, 0.3) is 0 Å². The van der Waals surface area contributed by atoms with Crippen molar-refractivity contribution >= 4 is 0 Å². The molecule has 0 fully saturated rings. The highest BCUT2D eigenvalue weighted by Gasteiger charge is 2.23. The highest BCUT2D eigenvalue weighted by molar-refractivity contribution is 5.22. The topological polar surface area (TPSA) is 66.5 Å². The molecule has 0 bridgehead atoms. The molecule has 26 heavy (non-hydrogen) atoms. The lowest BCUT2D eigenvalue weighted by atomic mass is 9.84. The van der Waals surface area contributed by atoms with Crippen molar-refractivity contribution in [2.45, 2.75) is 128 Å². The lowest BCUT2D eigenvalue weighted by molar-refractivity contribution is 0.130. The van der Waals surface area contributed by atoms with Crippen molar-refractivity contribution in [3.05, 3.63) is 11.1 Å². The van der Waals surface area contributed by atoms with Gasteiger partial charge in [0.15, 0.2) is 0 Å². The van der Waals surface area contributed by atoms with E-state index in [-0.39, 0.29) is 6.61 Å². The third kappa shape index (κ3) is 10.1. The molecule has 1 aliphatic carbocycles. The zero-order valence-corrected chi connectivity index (χ0v) is 17.4. The van der Waals surface area contributed by atoms with E-state index in [1.54, 1.807) is 0 Å². The standard InChI is InChI=1S/C23H45NO2/c1-2-3-4-5-6-7-8-9-10-11-12-13-16-20-17-14-15-18-21(20)23(26)22(24)19-25/h22-23,25-26H,2-19,24H2,1H3/t22-,23+/m0/s1. The van der Waals surface area contributed by atoms with E-state index in [2.05, 4.69) is 6.92 Å². The van der Waals surface area contributed by atoms with Gasteiger partial charge in [-0.25, -0.2) is 0 Å². The first-order chi connectivity index (χ1) is 12.7. The Balaban J connectivity index is 2.09. The monoisotopic (exact) mass is 367 g/mol. The van der Waals surface area contributed by atoms with Crippen molar-refractivity contribution in [2.24, 2.45) is 5.73 Å². The molecule has 3 nitrogen and oxygen atoms in total. The maximum absolute atomic E-state index is 10.4. The van der Waals surface area contributed by atoms with Crippen LogP contribution in [-0.2, 0) is 0 Å². The van der Waals surface area contributed by atoms with Crippen LogP contribution in [0.1, 0.15) is 116 Å². The zero-order chi connectivity index (χ0) is 19.0. The van der Waals surface area contributed by atoms with Crippen molar-refractivity contribution in [1.82, 2.24) is 0 Å². The van der Waals surface area contributed by atoms with E-state index in [1.165, 1.54) is 89.0 Å². The molecule has 2 atom stereocenters. The van der Waals surface area contributed by atoms with Crippen molar-refractivity contribution in [1.29, 1.82) is 0 Å². The van der Waals surface area contributed by atoms with Gasteiger partial charge in [0.1, 0.15) is 0 Å². The molecule has 0 spiro atoms. The minimum atomic E-state index is -0.646. The van der Waals surface area contributed by atoms with Crippen LogP contribution in [0, 0.1) is 0 Å². The minimum absolute atomic E-state index is 0.142. The Bertz CT molecular complexity index is 367. The molecule has 1 rings (SSSR count). The van der Waals surface area contributed by atoms with Crippen LogP contribution in [0.3, 0.4) is 0 Å². The molecule has 0 heterocycles. The second-order valence-electron chi connectivity index (χ2n) is 8.27. The van der Waals surface area contributed by atoms with Gasteiger partial charge in [0, 0.05) is 0 Å². The lowest BCUT2D eigenvalue weighted by Crippen LogP contribution is -2.40. The van der Waals surface area contributed by atoms with Crippen molar-refractivity contribution in [3.63, 3.8) is 0 Å². The van der Waals surface area contributed by atoms with E-state index >= 15 is 0 Å². The molecule has 0 saturated heterocycles. The fourth-order valence-electron chi connectivity index (χ4n) is 4.17. The Morgan fingerprint density at radius 2 is 1.31 bits per heavy atom. The van der Waals surface area contributed by atoms with E-state index < -0.39 is 12.1 Å². The predicted molar refractivity (Wildman–Crippen MR) is 112 cm³/mol. The summed E-state index contributed by atoms with van der Waals surface area (Å²) in [5.41, 5.74) is 8.41. The highest BCUT2D eigenvalue weighted by Crippen LogP contribution is 2.31. The first kappa shape index (κ1) is 23.7. The quantitative estimate of drug-likeness (QED) is 0.245. The zero-order valence-electron chi connectivity index (χ0n) is 17.4. The molecule has 1 aliphatic rings. The van der Waals surface area contributed by atoms with E-state index in [1.807, 2.05) is 0 Å². The number of hydrogen-bond donors (Lipinski definition) is 3. The third-order valence-corrected chi connectivity index (χ3v) is 5.93. The molecular formula is C23H45NO2. The van der Waals surface area contributed by atoms with Gasteiger partial charge in [-0.1, -0.05) is 83.1 Å². The molecule has 3 heteroatoms. The van der Waals surface area contributed by atoms with Crippen LogP contribution in [0.2, 0.25) is 0 Å². The smallest absolute Gasteiger partial charge is 0.0926 e. The summed E-state index contributed by atoms with van der Waals surface area (Å²) in [7, 11) is 0. The number of hydrogen-bond acceptors (Lipinski definition) is 3. The molecular weight excluding hydrogens is 322 g/mol. The molecule has 0 aliphatic heterocycles. The van der Waals surface area contributed by atoms with Gasteiger partial charge in [0.05, 0.1) is 18.8 Å². The summed E-state index contributed by atoms with van der Waals surface area (Å²) in [6.07, 6.45) is 21.4. The fourth-order valence-corrected chi connectivity index (χ4v) is 4.17. The molecule has 0 amide bonds. The Morgan fingerprint density at radius 3 is 1.85 bits per heavy atom. The SMILES string of the molecule is CCCCCCCCCCCCCCC1=C([C@@H](O)[C@@H](N)CO)CCCC1. The Labute approximate surface area is 162 Å². The second-order valence-corrected chi connectivity index (χ2v) is 8.27. The van der Waals surface area contributed by atoms with Crippen LogP contribution >= 0.6 is 0 Å². The maximum Gasteiger partial charge on any atom is 0.0926 e. The summed E-state index contributed by atoms with van der Waals surface area (Å²) in [5.74, 6) is 0. The molecule has 0 aromatic rings. The summed E-state index contributed by atoms with van der Waals surface area (Å²) >= 11 is 0. The molecule has 0 aromatic carbocycles. The molecule has 0 aromatic heterocycles. The number of allylic oxidation sites excluding steroid dienone is 1. The number of aliphatic hydroxyl groups excluding tert-OH is 2. The second kappa shape index (κ2) is 15.7. The summed E-state index contributed by atoms with van der Waals surface area (Å²) in [6.45, 7) is 2.13. The van der Waals surface area contributed by atoms with Gasteiger partial charge in [-0.3, -0.25) is 0 Å². The van der Waals surface area contributed by atoms with E-state index in [0.29, 0.717) is 0 Å². The average molecular weight is 368 g/mol. The number of nitrogens with two attached hydrogens (primary N) is 1. The van der Waals surface area contributed by atoms with Crippen LogP contribution in [0.25, 0.3) is 0 Å². The Morgan fingerprint density at radius 1 is 0.808 bits per heavy atom. The summed E-state index contributed by atoms with van der Waals surface area (Å²) < 4.78 is 0. The minimum Gasteiger partial charge on any atom is -0.395 e. The van der Waals surface area contributed by atoms with E-state index in [9.17, 15) is 10.2 Å². The Kier molecular flexibility index (Phi) is 14.2. The third-order valence-electron chi connectivity index (χ3n) is 5.93. The summed E-state index contributed by atoms with van der Waals surface area (Å²) in [6, 6.07) is -0.528. The van der Waals surface area contributed by atoms with Gasteiger partial charge >= 0.3 is 0 Å². The van der Waals surface area contributed by atoms with Crippen molar-refractivity contribution in [2.75, 3.05) is 6.61 Å². The summed E-state index contributed by atoms with van der Waals surface area (Å²) in [5, 5.41) is 19.6. The van der Waals surface area contributed by atoms with Gasteiger partial charge < -0.3 is 15.9 Å². The van der Waals surface area contributed by atoms with Crippen molar-refractivity contribution in [3.8, 4) is 0 Å². The van der Waals surface area contributed by atoms with E-state index in [0.717, 1.165) is 31.3 Å². The van der Waals surface area contributed by atoms with Gasteiger partial charge in [0.2, 0.25) is 0 Å². The molecule has 0 radical (unpaired) electrons. The molecule has 154 valence electrons. The Hall–Kier alpha value is -0.380.